The number of ether oxygens (including phenoxy) is 2. The van der Waals surface area contributed by atoms with Crippen LogP contribution in [0.3, 0.4) is 0 Å². The molecule has 2 aromatic carbocycles. The predicted octanol–water partition coefficient (Wildman–Crippen LogP) is 3.45. The fourth-order valence-corrected chi connectivity index (χ4v) is 2.76. The zero-order valence-corrected chi connectivity index (χ0v) is 14.4. The van der Waals surface area contributed by atoms with E-state index >= 15 is 0 Å². The second-order valence-corrected chi connectivity index (χ2v) is 6.23. The van der Waals surface area contributed by atoms with E-state index in [1.54, 1.807) is 6.07 Å². The lowest BCUT2D eigenvalue weighted by Crippen LogP contribution is -2.30. The second kappa shape index (κ2) is 7.11. The molecule has 0 saturated carbocycles. The van der Waals surface area contributed by atoms with Crippen molar-refractivity contribution in [2.75, 3.05) is 25.7 Å². The summed E-state index contributed by atoms with van der Waals surface area (Å²) < 4.78 is 10.7. The first-order valence-corrected chi connectivity index (χ1v) is 8.03. The smallest absolute Gasteiger partial charge is 0.238 e. The molecule has 3 rings (SSSR count). The van der Waals surface area contributed by atoms with Gasteiger partial charge in [-0.15, -0.1) is 0 Å². The van der Waals surface area contributed by atoms with Crippen molar-refractivity contribution in [3.63, 3.8) is 0 Å². The number of hydrogen-bond donors (Lipinski definition) is 1. The maximum atomic E-state index is 12.2. The minimum atomic E-state index is -0.0800. The molecule has 126 valence electrons. The first-order chi connectivity index (χ1) is 11.5. The average molecular weight is 347 g/mol. The maximum absolute atomic E-state index is 12.2. The molecule has 0 unspecified atom stereocenters. The van der Waals surface area contributed by atoms with Gasteiger partial charge < -0.3 is 14.8 Å². The highest BCUT2D eigenvalue weighted by molar-refractivity contribution is 6.31. The number of anilines is 1. The lowest BCUT2D eigenvalue weighted by Gasteiger charge is -2.17. The highest BCUT2D eigenvalue weighted by Gasteiger charge is 2.15. The fraction of sp³-hybridized carbons (Fsp3) is 0.278. The Morgan fingerprint density at radius 3 is 2.88 bits per heavy atom. The fourth-order valence-electron chi connectivity index (χ4n) is 2.58. The number of rotatable bonds is 5. The summed E-state index contributed by atoms with van der Waals surface area (Å²) in [5, 5.41) is 3.54. The average Bonchev–Trinajstić information content (AvgIpc) is 2.99. The normalized spacial score (nSPS) is 12.5. The van der Waals surface area contributed by atoms with E-state index in [-0.39, 0.29) is 19.2 Å². The molecule has 0 bridgehead atoms. The van der Waals surface area contributed by atoms with Crippen LogP contribution in [-0.2, 0) is 11.3 Å². The summed E-state index contributed by atoms with van der Waals surface area (Å²) in [6.07, 6.45) is 0. The maximum Gasteiger partial charge on any atom is 0.238 e. The Hall–Kier alpha value is -2.24. The third-order valence-corrected chi connectivity index (χ3v) is 4.25. The van der Waals surface area contributed by atoms with Crippen LogP contribution < -0.4 is 14.8 Å². The largest absolute Gasteiger partial charge is 0.454 e. The zero-order chi connectivity index (χ0) is 17.1. The Balaban J connectivity index is 1.57. The van der Waals surface area contributed by atoms with Gasteiger partial charge in [0.1, 0.15) is 0 Å². The van der Waals surface area contributed by atoms with Gasteiger partial charge in [-0.3, -0.25) is 9.69 Å². The number of carbonyl (C=O) groups excluding carboxylic acids is 1. The molecule has 0 radical (unpaired) electrons. The van der Waals surface area contributed by atoms with Crippen molar-refractivity contribution < 1.29 is 14.3 Å². The van der Waals surface area contributed by atoms with Crippen LogP contribution in [0.1, 0.15) is 11.1 Å². The molecule has 24 heavy (non-hydrogen) atoms. The second-order valence-electron chi connectivity index (χ2n) is 5.82. The summed E-state index contributed by atoms with van der Waals surface area (Å²) in [5.41, 5.74) is 2.67. The summed E-state index contributed by atoms with van der Waals surface area (Å²) in [5.74, 6) is 1.43. The molecule has 1 N–H and O–H groups in total. The van der Waals surface area contributed by atoms with Gasteiger partial charge in [0.25, 0.3) is 0 Å². The molecule has 1 heterocycles. The van der Waals surface area contributed by atoms with E-state index in [1.165, 1.54) is 0 Å². The standard InChI is InChI=1S/C18H19ClN2O3/c1-12-14(19)4-3-5-15(12)20-18(22)10-21(2)9-13-6-7-16-17(8-13)24-11-23-16/h3-8H,9-11H2,1-2H3,(H,20,22). The van der Waals surface area contributed by atoms with Crippen LogP contribution in [0, 0.1) is 6.92 Å². The van der Waals surface area contributed by atoms with Crippen LogP contribution >= 0.6 is 11.6 Å². The van der Waals surface area contributed by atoms with E-state index < -0.39 is 0 Å². The molecule has 0 spiro atoms. The van der Waals surface area contributed by atoms with E-state index in [0.29, 0.717) is 11.6 Å². The van der Waals surface area contributed by atoms with Gasteiger partial charge in [-0.25, -0.2) is 0 Å². The number of nitrogens with zero attached hydrogens (tertiary/aromatic N) is 1. The number of nitrogens with one attached hydrogen (secondary N) is 1. The number of amides is 1. The van der Waals surface area contributed by atoms with Gasteiger partial charge in [0, 0.05) is 17.3 Å². The highest BCUT2D eigenvalue weighted by atomic mass is 35.5. The third-order valence-electron chi connectivity index (χ3n) is 3.84. The van der Waals surface area contributed by atoms with Crippen LogP contribution in [0.5, 0.6) is 11.5 Å². The lowest BCUT2D eigenvalue weighted by molar-refractivity contribution is -0.117. The first-order valence-electron chi connectivity index (χ1n) is 7.65. The summed E-state index contributed by atoms with van der Waals surface area (Å²) in [6, 6.07) is 11.3. The van der Waals surface area contributed by atoms with E-state index in [1.807, 2.05) is 49.2 Å². The van der Waals surface area contributed by atoms with Crippen molar-refractivity contribution in [1.82, 2.24) is 4.90 Å². The van der Waals surface area contributed by atoms with Crippen LogP contribution in [-0.4, -0.2) is 31.2 Å². The van der Waals surface area contributed by atoms with Crippen LogP contribution in [0.15, 0.2) is 36.4 Å². The topological polar surface area (TPSA) is 50.8 Å². The molecule has 0 atom stereocenters. The van der Waals surface area contributed by atoms with Crippen molar-refractivity contribution in [3.05, 3.63) is 52.5 Å². The van der Waals surface area contributed by atoms with Crippen molar-refractivity contribution in [3.8, 4) is 11.5 Å². The van der Waals surface area contributed by atoms with E-state index in [9.17, 15) is 4.79 Å². The Morgan fingerprint density at radius 2 is 2.04 bits per heavy atom. The Labute approximate surface area is 146 Å². The van der Waals surface area contributed by atoms with Crippen molar-refractivity contribution >= 4 is 23.2 Å². The van der Waals surface area contributed by atoms with Crippen LogP contribution in [0.25, 0.3) is 0 Å². The summed E-state index contributed by atoms with van der Waals surface area (Å²) >= 11 is 6.07. The molecule has 1 aliphatic heterocycles. The molecular weight excluding hydrogens is 328 g/mol. The van der Waals surface area contributed by atoms with Gasteiger partial charge >= 0.3 is 0 Å². The number of hydrogen-bond acceptors (Lipinski definition) is 4. The molecule has 1 amide bonds. The van der Waals surface area contributed by atoms with Crippen molar-refractivity contribution in [1.29, 1.82) is 0 Å². The molecule has 0 aliphatic carbocycles. The predicted molar refractivity (Wildman–Crippen MR) is 93.7 cm³/mol. The highest BCUT2D eigenvalue weighted by Crippen LogP contribution is 2.32. The van der Waals surface area contributed by atoms with Crippen LogP contribution in [0.2, 0.25) is 5.02 Å². The number of carbonyl (C=O) groups is 1. The number of fused-ring (bicyclic) bond motifs is 1. The molecule has 2 aromatic rings. The summed E-state index contributed by atoms with van der Waals surface area (Å²) in [7, 11) is 1.90. The van der Waals surface area contributed by atoms with Gasteiger partial charge in [0.05, 0.1) is 6.54 Å². The minimum Gasteiger partial charge on any atom is -0.454 e. The van der Waals surface area contributed by atoms with Gasteiger partial charge in [-0.1, -0.05) is 23.7 Å². The third kappa shape index (κ3) is 3.80. The lowest BCUT2D eigenvalue weighted by atomic mass is 10.2. The Morgan fingerprint density at radius 1 is 1.25 bits per heavy atom. The van der Waals surface area contributed by atoms with Gasteiger partial charge in [-0.2, -0.15) is 0 Å². The minimum absolute atomic E-state index is 0.0800. The monoisotopic (exact) mass is 346 g/mol. The zero-order valence-electron chi connectivity index (χ0n) is 13.6. The van der Waals surface area contributed by atoms with E-state index in [4.69, 9.17) is 21.1 Å². The van der Waals surface area contributed by atoms with Crippen LogP contribution in [0.4, 0.5) is 5.69 Å². The number of likely N-dealkylation sites (N-methyl/N-ethyl adjacent to an activating group) is 1. The SMILES string of the molecule is Cc1c(Cl)cccc1NC(=O)CN(C)Cc1ccc2c(c1)OCO2. The quantitative estimate of drug-likeness (QED) is 0.901. The molecule has 0 aromatic heterocycles. The molecule has 0 fully saturated rings. The van der Waals surface area contributed by atoms with Gasteiger partial charge in [0.2, 0.25) is 12.7 Å². The molecular formula is C18H19ClN2O3. The number of halogens is 1. The molecule has 1 aliphatic rings. The molecule has 6 heteroatoms. The summed E-state index contributed by atoms with van der Waals surface area (Å²) in [4.78, 5) is 14.2. The van der Waals surface area contributed by atoms with Crippen molar-refractivity contribution in [2.24, 2.45) is 0 Å². The van der Waals surface area contributed by atoms with Crippen molar-refractivity contribution in [2.45, 2.75) is 13.5 Å². The first kappa shape index (κ1) is 16.6. The molecule has 0 saturated heterocycles. The Kier molecular flexibility index (Phi) is 4.92. The Bertz CT molecular complexity index is 764. The van der Waals surface area contributed by atoms with Gasteiger partial charge in [0.15, 0.2) is 11.5 Å². The molecule has 5 nitrogen and oxygen atoms in total. The number of benzene rings is 2. The summed E-state index contributed by atoms with van der Waals surface area (Å²) in [6.45, 7) is 3.06. The van der Waals surface area contributed by atoms with E-state index in [0.717, 1.165) is 28.3 Å². The van der Waals surface area contributed by atoms with Gasteiger partial charge in [-0.05, 0) is 49.4 Å². The van der Waals surface area contributed by atoms with E-state index in [2.05, 4.69) is 5.32 Å².